The van der Waals surface area contributed by atoms with Gasteiger partial charge in [0.2, 0.25) is 5.88 Å². The monoisotopic (exact) mass is 250 g/mol. The third-order valence-electron chi connectivity index (χ3n) is 2.56. The molecule has 1 N–H and O–H groups in total. The van der Waals surface area contributed by atoms with Crippen LogP contribution in [0.5, 0.6) is 5.88 Å². The van der Waals surface area contributed by atoms with Gasteiger partial charge in [0.1, 0.15) is 0 Å². The molecule has 0 amide bonds. The number of allylic oxidation sites excluding steroid dienone is 2. The zero-order chi connectivity index (χ0) is 12.4. The van der Waals surface area contributed by atoms with Crippen LogP contribution >= 0.6 is 11.6 Å². The lowest BCUT2D eigenvalue weighted by molar-refractivity contribution is 0.431. The molecule has 88 valence electrons. The summed E-state index contributed by atoms with van der Waals surface area (Å²) in [4.78, 5) is 10.7. The molecule has 0 aliphatic rings. The van der Waals surface area contributed by atoms with Gasteiger partial charge in [-0.05, 0) is 18.2 Å². The third-order valence-corrected chi connectivity index (χ3v) is 2.72. The summed E-state index contributed by atoms with van der Waals surface area (Å²) < 4.78 is 1.60. The van der Waals surface area contributed by atoms with Crippen LogP contribution in [-0.2, 0) is 6.54 Å². The maximum atomic E-state index is 10.7. The molecule has 0 atom stereocenters. The molecule has 0 saturated heterocycles. The fraction of sp³-hybridized carbons (Fsp3) is 0.167. The summed E-state index contributed by atoms with van der Waals surface area (Å²) in [6, 6.07) is 7.20. The van der Waals surface area contributed by atoms with E-state index in [1.165, 1.54) is 0 Å². The van der Waals surface area contributed by atoms with Crippen LogP contribution in [-0.4, -0.2) is 9.67 Å². The predicted octanol–water partition coefficient (Wildman–Crippen LogP) is 3.89. The van der Waals surface area contributed by atoms with Crippen molar-refractivity contribution in [1.82, 2.24) is 4.57 Å². The van der Waals surface area contributed by atoms with E-state index in [4.69, 9.17) is 11.6 Å². The number of rotatable bonds is 3. The molecule has 2 rings (SSSR count). The van der Waals surface area contributed by atoms with Crippen molar-refractivity contribution in [3.8, 4) is 5.88 Å². The first-order valence-electron chi connectivity index (χ1n) is 5.11. The van der Waals surface area contributed by atoms with Crippen LogP contribution in [0, 0.1) is 4.91 Å². The van der Waals surface area contributed by atoms with E-state index in [0.717, 1.165) is 5.52 Å². The van der Waals surface area contributed by atoms with E-state index in [0.29, 0.717) is 17.0 Å². The van der Waals surface area contributed by atoms with Crippen molar-refractivity contribution in [2.75, 3.05) is 0 Å². The largest absolute Gasteiger partial charge is 0.493 e. The smallest absolute Gasteiger partial charge is 0.222 e. The Morgan fingerprint density at radius 1 is 1.53 bits per heavy atom. The second kappa shape index (κ2) is 4.59. The lowest BCUT2D eigenvalue weighted by atomic mass is 10.2. The number of nitrogens with zero attached hydrogens (tertiary/aromatic N) is 2. The van der Waals surface area contributed by atoms with Crippen molar-refractivity contribution in [3.05, 3.63) is 40.3 Å². The maximum absolute atomic E-state index is 10.7. The Kier molecular flexibility index (Phi) is 3.15. The van der Waals surface area contributed by atoms with E-state index in [1.54, 1.807) is 29.7 Å². The minimum absolute atomic E-state index is 0.0706. The number of fused-ring (bicyclic) bond motifs is 1. The van der Waals surface area contributed by atoms with Crippen LogP contribution in [0.4, 0.5) is 5.69 Å². The minimum atomic E-state index is -0.129. The van der Waals surface area contributed by atoms with Crippen LogP contribution in [0.2, 0.25) is 0 Å². The highest BCUT2D eigenvalue weighted by molar-refractivity contribution is 6.29. The molecule has 0 fully saturated rings. The first-order chi connectivity index (χ1) is 8.15. The summed E-state index contributed by atoms with van der Waals surface area (Å²) in [7, 11) is 0. The highest BCUT2D eigenvalue weighted by atomic mass is 35.5. The predicted molar refractivity (Wildman–Crippen MR) is 68.7 cm³/mol. The third kappa shape index (κ3) is 2.03. The summed E-state index contributed by atoms with van der Waals surface area (Å²) in [5.74, 6) is -0.129. The SMILES string of the molecule is C/C(Cl)=C\Cn1c(O)c(N=O)c2ccccc21. The lowest BCUT2D eigenvalue weighted by Gasteiger charge is -2.02. The molecule has 0 aliphatic carbocycles. The number of halogens is 1. The lowest BCUT2D eigenvalue weighted by Crippen LogP contribution is -1.93. The first kappa shape index (κ1) is 11.7. The van der Waals surface area contributed by atoms with Crippen molar-refractivity contribution in [3.63, 3.8) is 0 Å². The van der Waals surface area contributed by atoms with Crippen LogP contribution in [0.1, 0.15) is 6.92 Å². The van der Waals surface area contributed by atoms with E-state index in [-0.39, 0.29) is 11.6 Å². The second-order valence-electron chi connectivity index (χ2n) is 3.68. The summed E-state index contributed by atoms with van der Waals surface area (Å²) in [5, 5.41) is 14.1. The molecule has 17 heavy (non-hydrogen) atoms. The molecule has 0 saturated carbocycles. The molecule has 5 heteroatoms. The van der Waals surface area contributed by atoms with E-state index in [1.807, 2.05) is 12.1 Å². The molecule has 1 heterocycles. The highest BCUT2D eigenvalue weighted by Crippen LogP contribution is 2.38. The van der Waals surface area contributed by atoms with E-state index < -0.39 is 0 Å². The normalized spacial score (nSPS) is 12.0. The van der Waals surface area contributed by atoms with Crippen molar-refractivity contribution in [1.29, 1.82) is 0 Å². The van der Waals surface area contributed by atoms with Crippen molar-refractivity contribution < 1.29 is 5.11 Å². The van der Waals surface area contributed by atoms with E-state index in [9.17, 15) is 10.0 Å². The topological polar surface area (TPSA) is 54.6 Å². The van der Waals surface area contributed by atoms with Gasteiger partial charge < -0.3 is 9.67 Å². The second-order valence-corrected chi connectivity index (χ2v) is 4.28. The number of hydrogen-bond donors (Lipinski definition) is 1. The molecule has 0 spiro atoms. The molecule has 4 nitrogen and oxygen atoms in total. The standard InChI is InChI=1S/C12H11ClN2O2/c1-8(13)6-7-15-10-5-3-2-4-9(10)11(14-17)12(15)16/h2-6,16H,7H2,1H3/b8-6+. The number of benzene rings is 1. The molecule has 1 aromatic heterocycles. The summed E-state index contributed by atoms with van der Waals surface area (Å²) in [6.45, 7) is 2.15. The van der Waals surface area contributed by atoms with Gasteiger partial charge in [-0.2, -0.15) is 0 Å². The van der Waals surface area contributed by atoms with Gasteiger partial charge in [0.15, 0.2) is 5.69 Å². The van der Waals surface area contributed by atoms with Crippen LogP contribution < -0.4 is 0 Å². The summed E-state index contributed by atoms with van der Waals surface area (Å²) in [6.07, 6.45) is 1.75. The van der Waals surface area contributed by atoms with Crippen molar-refractivity contribution in [2.45, 2.75) is 13.5 Å². The molecule has 1 aromatic carbocycles. The Labute approximate surface area is 103 Å². The number of hydrogen-bond acceptors (Lipinski definition) is 3. The van der Waals surface area contributed by atoms with Gasteiger partial charge in [-0.15, -0.1) is 4.91 Å². The molecule has 2 aromatic rings. The van der Waals surface area contributed by atoms with Crippen LogP contribution in [0.25, 0.3) is 10.9 Å². The molecular weight excluding hydrogens is 240 g/mol. The van der Waals surface area contributed by atoms with Gasteiger partial charge in [-0.3, -0.25) is 0 Å². The van der Waals surface area contributed by atoms with Gasteiger partial charge >= 0.3 is 0 Å². The first-order valence-corrected chi connectivity index (χ1v) is 5.48. The summed E-state index contributed by atoms with van der Waals surface area (Å²) in [5.41, 5.74) is 0.829. The van der Waals surface area contributed by atoms with E-state index in [2.05, 4.69) is 5.18 Å². The van der Waals surface area contributed by atoms with Crippen LogP contribution in [0.15, 0.2) is 40.6 Å². The molecule has 0 unspecified atom stereocenters. The van der Waals surface area contributed by atoms with E-state index >= 15 is 0 Å². The van der Waals surface area contributed by atoms with Gasteiger partial charge in [-0.1, -0.05) is 35.9 Å². The highest BCUT2D eigenvalue weighted by Gasteiger charge is 2.15. The maximum Gasteiger partial charge on any atom is 0.222 e. The minimum Gasteiger partial charge on any atom is -0.493 e. The van der Waals surface area contributed by atoms with Crippen molar-refractivity contribution in [2.24, 2.45) is 5.18 Å². The average Bonchev–Trinajstić information content (AvgIpc) is 2.58. The fourth-order valence-electron chi connectivity index (χ4n) is 1.76. The van der Waals surface area contributed by atoms with Gasteiger partial charge in [-0.25, -0.2) is 0 Å². The van der Waals surface area contributed by atoms with Crippen molar-refractivity contribution >= 4 is 28.2 Å². The van der Waals surface area contributed by atoms with Crippen LogP contribution in [0.3, 0.4) is 0 Å². The Bertz CT molecular complexity index is 598. The number of nitroso groups, excluding NO2 is 1. The fourth-order valence-corrected chi connectivity index (χ4v) is 1.83. The Morgan fingerprint density at radius 2 is 2.24 bits per heavy atom. The zero-order valence-corrected chi connectivity index (χ0v) is 9.98. The molecule has 0 radical (unpaired) electrons. The Morgan fingerprint density at radius 3 is 2.88 bits per heavy atom. The number of aromatic hydroxyl groups is 1. The quantitative estimate of drug-likeness (QED) is 0.841. The summed E-state index contributed by atoms with van der Waals surface area (Å²) >= 11 is 5.75. The average molecular weight is 251 g/mol. The van der Waals surface area contributed by atoms with Gasteiger partial charge in [0.05, 0.1) is 5.52 Å². The number of aromatic nitrogens is 1. The van der Waals surface area contributed by atoms with Gasteiger partial charge in [0.25, 0.3) is 0 Å². The zero-order valence-electron chi connectivity index (χ0n) is 9.22. The molecular formula is C12H11ClN2O2. The Balaban J connectivity index is 2.65. The van der Waals surface area contributed by atoms with Gasteiger partial charge in [0, 0.05) is 17.0 Å². The Hall–Kier alpha value is -1.81. The molecule has 0 bridgehead atoms. The molecule has 0 aliphatic heterocycles. The number of para-hydroxylation sites is 1.